The second-order valence-electron chi connectivity index (χ2n) is 5.39. The molecule has 0 bridgehead atoms. The van der Waals surface area contributed by atoms with Crippen LogP contribution in [0.15, 0.2) is 41.9 Å². The number of hydrogen-bond donors (Lipinski definition) is 2. The maximum Gasteiger partial charge on any atom is 0.123 e. The highest BCUT2D eigenvalue weighted by atomic mass is 32.1. The van der Waals surface area contributed by atoms with Crippen molar-refractivity contribution in [2.24, 2.45) is 5.92 Å². The molecular weight excluding hydrogens is 271 g/mol. The Morgan fingerprint density at radius 3 is 3.15 bits per heavy atom. The van der Waals surface area contributed by atoms with Crippen LogP contribution in [-0.2, 0) is 0 Å². The Bertz CT molecular complexity index is 732. The van der Waals surface area contributed by atoms with Crippen molar-refractivity contribution in [1.82, 2.24) is 4.98 Å². The maximum absolute atomic E-state index is 13.4. The minimum atomic E-state index is -0.160. The van der Waals surface area contributed by atoms with Crippen LogP contribution in [0.4, 0.5) is 9.39 Å². The van der Waals surface area contributed by atoms with Gasteiger partial charge in [0.2, 0.25) is 0 Å². The van der Waals surface area contributed by atoms with E-state index in [4.69, 9.17) is 0 Å². The van der Waals surface area contributed by atoms with Crippen LogP contribution in [0.2, 0.25) is 0 Å². The number of benzene rings is 1. The second-order valence-corrected chi connectivity index (χ2v) is 6.34. The molecule has 0 saturated heterocycles. The molecule has 2 nitrogen and oxygen atoms in total. The lowest BCUT2D eigenvalue weighted by atomic mass is 10.1. The number of hydrogen-bond acceptors (Lipinski definition) is 2. The standard InChI is InChI=1S/C16H15FN2S/c17-11-3-4-15-13(7-11)14(9-18-15)12-6-10(12)8-19-16-2-1-5-20-16/h1-5,7,9-10,12,18-19H,6,8H2/t10-,12+/m0/s1. The fraction of sp³-hybridized carbons (Fsp3) is 0.250. The largest absolute Gasteiger partial charge is 0.377 e. The first-order chi connectivity index (χ1) is 9.81. The molecular formula is C16H15FN2S. The average molecular weight is 286 g/mol. The van der Waals surface area contributed by atoms with Gasteiger partial charge < -0.3 is 10.3 Å². The van der Waals surface area contributed by atoms with E-state index in [0.717, 1.165) is 17.4 Å². The molecule has 1 aromatic carbocycles. The first kappa shape index (κ1) is 12.0. The summed E-state index contributed by atoms with van der Waals surface area (Å²) in [6.07, 6.45) is 3.22. The van der Waals surface area contributed by atoms with E-state index in [1.54, 1.807) is 17.4 Å². The number of nitrogens with one attached hydrogen (secondary N) is 2. The van der Waals surface area contributed by atoms with Crippen molar-refractivity contribution in [2.75, 3.05) is 11.9 Å². The van der Waals surface area contributed by atoms with E-state index in [2.05, 4.69) is 27.8 Å². The van der Waals surface area contributed by atoms with Gasteiger partial charge in [-0.25, -0.2) is 4.39 Å². The van der Waals surface area contributed by atoms with E-state index < -0.39 is 0 Å². The van der Waals surface area contributed by atoms with Gasteiger partial charge >= 0.3 is 0 Å². The predicted octanol–water partition coefficient (Wildman–Crippen LogP) is 4.58. The van der Waals surface area contributed by atoms with Crippen molar-refractivity contribution in [3.8, 4) is 0 Å². The third-order valence-electron chi connectivity index (χ3n) is 4.06. The average Bonchev–Trinajstić information content (AvgIpc) is 2.89. The molecule has 0 radical (unpaired) electrons. The number of rotatable bonds is 4. The molecule has 1 fully saturated rings. The number of aromatic amines is 1. The highest BCUT2D eigenvalue weighted by molar-refractivity contribution is 7.14. The van der Waals surface area contributed by atoms with Gasteiger partial charge in [0.05, 0.1) is 5.00 Å². The van der Waals surface area contributed by atoms with Crippen LogP contribution in [0.5, 0.6) is 0 Å². The summed E-state index contributed by atoms with van der Waals surface area (Å²) in [4.78, 5) is 3.24. The number of halogens is 1. The maximum atomic E-state index is 13.4. The van der Waals surface area contributed by atoms with Gasteiger partial charge in [0.15, 0.2) is 0 Å². The molecule has 1 saturated carbocycles. The first-order valence-electron chi connectivity index (χ1n) is 6.85. The molecule has 0 amide bonds. The van der Waals surface area contributed by atoms with Gasteiger partial charge in [-0.3, -0.25) is 0 Å². The smallest absolute Gasteiger partial charge is 0.123 e. The summed E-state index contributed by atoms with van der Waals surface area (Å²) in [5.74, 6) is 1.05. The van der Waals surface area contributed by atoms with E-state index in [0.29, 0.717) is 11.8 Å². The van der Waals surface area contributed by atoms with Crippen molar-refractivity contribution < 1.29 is 4.39 Å². The van der Waals surface area contributed by atoms with Crippen LogP contribution >= 0.6 is 11.3 Å². The minimum absolute atomic E-state index is 0.160. The Balaban J connectivity index is 1.49. The van der Waals surface area contributed by atoms with Crippen LogP contribution in [0.25, 0.3) is 10.9 Å². The van der Waals surface area contributed by atoms with Crippen molar-refractivity contribution in [3.05, 3.63) is 53.3 Å². The normalized spacial score (nSPS) is 21.2. The van der Waals surface area contributed by atoms with Gasteiger partial charge in [0.1, 0.15) is 5.82 Å². The van der Waals surface area contributed by atoms with Crippen LogP contribution in [-0.4, -0.2) is 11.5 Å². The molecule has 0 unspecified atom stereocenters. The molecule has 2 aromatic heterocycles. The van der Waals surface area contributed by atoms with Gasteiger partial charge in [0, 0.05) is 23.6 Å². The molecule has 20 heavy (non-hydrogen) atoms. The molecule has 2 atom stereocenters. The lowest BCUT2D eigenvalue weighted by molar-refractivity contribution is 0.629. The quantitative estimate of drug-likeness (QED) is 0.721. The highest BCUT2D eigenvalue weighted by Gasteiger charge is 2.39. The summed E-state index contributed by atoms with van der Waals surface area (Å²) in [5, 5.41) is 7.81. The van der Waals surface area contributed by atoms with Gasteiger partial charge in [-0.2, -0.15) is 0 Å². The third kappa shape index (κ3) is 2.10. The monoisotopic (exact) mass is 286 g/mol. The Kier molecular flexibility index (Phi) is 2.77. The third-order valence-corrected chi connectivity index (χ3v) is 4.89. The Hall–Kier alpha value is -1.81. The van der Waals surface area contributed by atoms with Gasteiger partial charge in [-0.15, -0.1) is 11.3 Å². The van der Waals surface area contributed by atoms with Crippen LogP contribution in [0.3, 0.4) is 0 Å². The number of anilines is 1. The first-order valence-corrected chi connectivity index (χ1v) is 7.73. The number of H-pyrrole nitrogens is 1. The molecule has 3 aromatic rings. The number of thiophene rings is 1. The van der Waals surface area contributed by atoms with Crippen LogP contribution < -0.4 is 5.32 Å². The Labute approximate surface area is 120 Å². The zero-order chi connectivity index (χ0) is 13.5. The van der Waals surface area contributed by atoms with Crippen molar-refractivity contribution >= 4 is 27.2 Å². The molecule has 4 rings (SSSR count). The van der Waals surface area contributed by atoms with E-state index in [9.17, 15) is 4.39 Å². The zero-order valence-electron chi connectivity index (χ0n) is 10.9. The van der Waals surface area contributed by atoms with Gasteiger partial charge in [-0.05, 0) is 59.5 Å². The molecule has 102 valence electrons. The van der Waals surface area contributed by atoms with Gasteiger partial charge in [0.25, 0.3) is 0 Å². The lowest BCUT2D eigenvalue weighted by Gasteiger charge is -2.02. The summed E-state index contributed by atoms with van der Waals surface area (Å²) in [6, 6.07) is 9.12. The number of aromatic nitrogens is 1. The van der Waals surface area contributed by atoms with E-state index in [1.165, 1.54) is 23.1 Å². The zero-order valence-corrected chi connectivity index (χ0v) is 11.7. The fourth-order valence-corrected chi connectivity index (χ4v) is 3.51. The minimum Gasteiger partial charge on any atom is -0.377 e. The fourth-order valence-electron chi connectivity index (χ4n) is 2.89. The summed E-state index contributed by atoms with van der Waals surface area (Å²) in [7, 11) is 0. The molecule has 4 heteroatoms. The Morgan fingerprint density at radius 2 is 2.30 bits per heavy atom. The summed E-state index contributed by atoms with van der Waals surface area (Å²) < 4.78 is 13.4. The molecule has 2 N–H and O–H groups in total. The molecule has 2 heterocycles. The van der Waals surface area contributed by atoms with E-state index in [-0.39, 0.29) is 5.82 Å². The summed E-state index contributed by atoms with van der Waals surface area (Å²) in [6.45, 7) is 0.993. The lowest BCUT2D eigenvalue weighted by Crippen LogP contribution is -2.02. The van der Waals surface area contributed by atoms with Crippen molar-refractivity contribution in [2.45, 2.75) is 12.3 Å². The molecule has 1 aliphatic rings. The van der Waals surface area contributed by atoms with Crippen molar-refractivity contribution in [1.29, 1.82) is 0 Å². The Morgan fingerprint density at radius 1 is 1.35 bits per heavy atom. The van der Waals surface area contributed by atoms with Crippen LogP contribution in [0.1, 0.15) is 17.9 Å². The predicted molar refractivity (Wildman–Crippen MR) is 81.9 cm³/mol. The van der Waals surface area contributed by atoms with Crippen LogP contribution in [0, 0.1) is 11.7 Å². The summed E-state index contributed by atoms with van der Waals surface area (Å²) >= 11 is 1.73. The SMILES string of the molecule is Fc1ccc2[nH]cc([C@@H]3C[C@H]3CNc3cccs3)c2c1. The number of fused-ring (bicyclic) bond motifs is 1. The van der Waals surface area contributed by atoms with Gasteiger partial charge in [-0.1, -0.05) is 0 Å². The van der Waals surface area contributed by atoms with E-state index >= 15 is 0 Å². The second kappa shape index (κ2) is 4.63. The highest BCUT2D eigenvalue weighted by Crippen LogP contribution is 2.49. The molecule has 0 aliphatic heterocycles. The molecule has 1 aliphatic carbocycles. The topological polar surface area (TPSA) is 27.8 Å². The van der Waals surface area contributed by atoms with Crippen molar-refractivity contribution in [3.63, 3.8) is 0 Å². The van der Waals surface area contributed by atoms with E-state index in [1.807, 2.05) is 12.3 Å². The summed E-state index contributed by atoms with van der Waals surface area (Å²) in [5.41, 5.74) is 2.29. The molecule has 0 spiro atoms.